The molecule has 0 bridgehead atoms. The number of nitrogens with zero attached hydrogens (tertiary/aromatic N) is 3. The number of carbonyl (C=O) groups is 1. The van der Waals surface area contributed by atoms with E-state index in [1.165, 1.54) is 0 Å². The lowest BCUT2D eigenvalue weighted by Crippen LogP contribution is -2.52. The smallest absolute Gasteiger partial charge is 0.270 e. The molecular weight excluding hydrogens is 314 g/mol. The molecule has 0 spiro atoms. The van der Waals surface area contributed by atoms with Crippen LogP contribution in [0.15, 0.2) is 42.5 Å². The fourth-order valence-electron chi connectivity index (χ4n) is 3.89. The molecule has 1 unspecified atom stereocenters. The Hall–Kier alpha value is -2.11. The third-order valence-electron chi connectivity index (χ3n) is 5.43. The summed E-state index contributed by atoms with van der Waals surface area (Å²) in [5, 5.41) is 0. The monoisotopic (exact) mass is 339 g/mol. The van der Waals surface area contributed by atoms with E-state index in [1.54, 1.807) is 0 Å². The van der Waals surface area contributed by atoms with Crippen LogP contribution in [-0.2, 0) is 11.8 Å². The van der Waals surface area contributed by atoms with Crippen LogP contribution in [0.5, 0.6) is 0 Å². The molecule has 0 saturated carbocycles. The first-order chi connectivity index (χ1) is 12.2. The topological polar surface area (TPSA) is 37.7 Å². The van der Waals surface area contributed by atoms with E-state index in [4.69, 9.17) is 4.74 Å². The Labute approximate surface area is 148 Å². The summed E-state index contributed by atoms with van der Waals surface area (Å²) in [5.41, 5.74) is 2.97. The third kappa shape index (κ3) is 3.22. The second-order valence-electron chi connectivity index (χ2n) is 6.87. The highest BCUT2D eigenvalue weighted by molar-refractivity contribution is 5.94. The maximum atomic E-state index is 13.0. The minimum absolute atomic E-state index is 0.131. The van der Waals surface area contributed by atoms with Gasteiger partial charge in [0.1, 0.15) is 5.69 Å². The predicted molar refractivity (Wildman–Crippen MR) is 97.5 cm³/mol. The zero-order chi connectivity index (χ0) is 17.2. The molecule has 1 aromatic carbocycles. The van der Waals surface area contributed by atoms with Crippen molar-refractivity contribution < 1.29 is 9.53 Å². The molecule has 5 heteroatoms. The molecule has 4 rings (SSSR count). The van der Waals surface area contributed by atoms with E-state index >= 15 is 0 Å². The maximum Gasteiger partial charge on any atom is 0.270 e. The van der Waals surface area contributed by atoms with Gasteiger partial charge in [-0.1, -0.05) is 30.3 Å². The van der Waals surface area contributed by atoms with E-state index in [-0.39, 0.29) is 5.91 Å². The number of hydrogen-bond donors (Lipinski definition) is 0. The van der Waals surface area contributed by atoms with Crippen LogP contribution in [0.25, 0.3) is 11.3 Å². The lowest BCUT2D eigenvalue weighted by molar-refractivity contribution is 0.0541. The SMILES string of the molecule is Cn1c(C(=O)N2CCN(C3CCOC3)CC2)ccc1-c1ccccc1. The Balaban J connectivity index is 1.44. The summed E-state index contributed by atoms with van der Waals surface area (Å²) < 4.78 is 7.50. The van der Waals surface area contributed by atoms with E-state index in [0.717, 1.165) is 62.8 Å². The third-order valence-corrected chi connectivity index (χ3v) is 5.43. The van der Waals surface area contributed by atoms with E-state index in [9.17, 15) is 4.79 Å². The van der Waals surface area contributed by atoms with Gasteiger partial charge in [-0.3, -0.25) is 9.69 Å². The normalized spacial score (nSPS) is 21.6. The van der Waals surface area contributed by atoms with Crippen molar-refractivity contribution in [2.75, 3.05) is 39.4 Å². The summed E-state index contributed by atoms with van der Waals surface area (Å²) in [5.74, 6) is 0.131. The van der Waals surface area contributed by atoms with Crippen molar-refractivity contribution in [3.8, 4) is 11.3 Å². The van der Waals surface area contributed by atoms with Crippen LogP contribution < -0.4 is 0 Å². The Morgan fingerprint density at radius 2 is 1.80 bits per heavy atom. The number of amides is 1. The molecule has 1 aromatic heterocycles. The van der Waals surface area contributed by atoms with Crippen LogP contribution in [0.3, 0.4) is 0 Å². The molecule has 2 aliphatic rings. The number of ether oxygens (including phenoxy) is 1. The minimum Gasteiger partial charge on any atom is -0.380 e. The summed E-state index contributed by atoms with van der Waals surface area (Å²) in [6.07, 6.45) is 1.12. The van der Waals surface area contributed by atoms with Crippen LogP contribution >= 0.6 is 0 Å². The first-order valence-electron chi connectivity index (χ1n) is 9.06. The second-order valence-corrected chi connectivity index (χ2v) is 6.87. The van der Waals surface area contributed by atoms with Gasteiger partial charge in [-0.25, -0.2) is 0 Å². The predicted octanol–water partition coefficient (Wildman–Crippen LogP) is 2.24. The quantitative estimate of drug-likeness (QED) is 0.861. The van der Waals surface area contributed by atoms with Gasteiger partial charge < -0.3 is 14.2 Å². The summed E-state index contributed by atoms with van der Waals surface area (Å²) in [7, 11) is 1.97. The molecule has 1 atom stereocenters. The van der Waals surface area contributed by atoms with E-state index in [1.807, 2.05) is 46.8 Å². The van der Waals surface area contributed by atoms with Gasteiger partial charge in [0, 0.05) is 51.6 Å². The highest BCUT2D eigenvalue weighted by atomic mass is 16.5. The van der Waals surface area contributed by atoms with Crippen molar-refractivity contribution in [3.63, 3.8) is 0 Å². The van der Waals surface area contributed by atoms with Gasteiger partial charge in [0.15, 0.2) is 0 Å². The van der Waals surface area contributed by atoms with Crippen molar-refractivity contribution >= 4 is 5.91 Å². The molecule has 2 aliphatic heterocycles. The lowest BCUT2D eigenvalue weighted by atomic mass is 10.2. The van der Waals surface area contributed by atoms with Crippen molar-refractivity contribution in [2.45, 2.75) is 12.5 Å². The molecule has 3 heterocycles. The fourth-order valence-corrected chi connectivity index (χ4v) is 3.89. The fraction of sp³-hybridized carbons (Fsp3) is 0.450. The van der Waals surface area contributed by atoms with E-state index in [0.29, 0.717) is 6.04 Å². The zero-order valence-corrected chi connectivity index (χ0v) is 14.7. The van der Waals surface area contributed by atoms with Gasteiger partial charge >= 0.3 is 0 Å². The molecule has 25 heavy (non-hydrogen) atoms. The number of carbonyl (C=O) groups excluding carboxylic acids is 1. The molecule has 2 aromatic rings. The summed E-state index contributed by atoms with van der Waals surface area (Å²) in [6.45, 7) is 5.18. The molecule has 0 aliphatic carbocycles. The number of benzene rings is 1. The van der Waals surface area contributed by atoms with Crippen molar-refractivity contribution in [1.29, 1.82) is 0 Å². The maximum absolute atomic E-state index is 13.0. The second kappa shape index (κ2) is 7.02. The molecule has 1 amide bonds. The van der Waals surface area contributed by atoms with Crippen LogP contribution in [0.2, 0.25) is 0 Å². The molecule has 132 valence electrons. The first kappa shape index (κ1) is 16.4. The molecular formula is C20H25N3O2. The van der Waals surface area contributed by atoms with Gasteiger partial charge in [0.05, 0.1) is 6.61 Å². The van der Waals surface area contributed by atoms with Gasteiger partial charge in [-0.05, 0) is 24.1 Å². The molecule has 0 N–H and O–H groups in total. The van der Waals surface area contributed by atoms with Crippen LogP contribution in [-0.4, -0.2) is 65.7 Å². The molecule has 2 fully saturated rings. The summed E-state index contributed by atoms with van der Waals surface area (Å²) in [6, 6.07) is 14.7. The summed E-state index contributed by atoms with van der Waals surface area (Å²) >= 11 is 0. The van der Waals surface area contributed by atoms with Crippen molar-refractivity contribution in [1.82, 2.24) is 14.4 Å². The van der Waals surface area contributed by atoms with E-state index < -0.39 is 0 Å². The average Bonchev–Trinajstić information content (AvgIpc) is 3.32. The van der Waals surface area contributed by atoms with Crippen LogP contribution in [0, 0.1) is 0 Å². The number of hydrogen-bond acceptors (Lipinski definition) is 3. The largest absolute Gasteiger partial charge is 0.380 e. The lowest BCUT2D eigenvalue weighted by Gasteiger charge is -2.37. The minimum atomic E-state index is 0.131. The number of aromatic nitrogens is 1. The van der Waals surface area contributed by atoms with Gasteiger partial charge in [-0.2, -0.15) is 0 Å². The highest BCUT2D eigenvalue weighted by Gasteiger charge is 2.29. The first-order valence-corrected chi connectivity index (χ1v) is 9.06. The highest BCUT2D eigenvalue weighted by Crippen LogP contribution is 2.23. The van der Waals surface area contributed by atoms with Gasteiger partial charge in [0.2, 0.25) is 0 Å². The Morgan fingerprint density at radius 3 is 2.48 bits per heavy atom. The van der Waals surface area contributed by atoms with Gasteiger partial charge in [0.25, 0.3) is 5.91 Å². The van der Waals surface area contributed by atoms with Crippen molar-refractivity contribution in [2.24, 2.45) is 7.05 Å². The Morgan fingerprint density at radius 1 is 1.04 bits per heavy atom. The standard InChI is InChI=1S/C20H25N3O2/c1-21-18(16-5-3-2-4-6-16)7-8-19(21)20(24)23-12-10-22(11-13-23)17-9-14-25-15-17/h2-8,17H,9-15H2,1H3. The van der Waals surface area contributed by atoms with Crippen LogP contribution in [0.4, 0.5) is 0 Å². The molecule has 5 nitrogen and oxygen atoms in total. The molecule has 0 radical (unpaired) electrons. The van der Waals surface area contributed by atoms with Gasteiger partial charge in [-0.15, -0.1) is 0 Å². The number of rotatable bonds is 3. The summed E-state index contributed by atoms with van der Waals surface area (Å²) in [4.78, 5) is 17.4. The average molecular weight is 339 g/mol. The van der Waals surface area contributed by atoms with E-state index in [2.05, 4.69) is 17.0 Å². The Kier molecular flexibility index (Phi) is 4.59. The van der Waals surface area contributed by atoms with Crippen molar-refractivity contribution in [3.05, 3.63) is 48.2 Å². The van der Waals surface area contributed by atoms with Crippen LogP contribution in [0.1, 0.15) is 16.9 Å². The Bertz CT molecular complexity index is 727. The molecule has 2 saturated heterocycles. The number of piperazine rings is 1. The zero-order valence-electron chi connectivity index (χ0n) is 14.7.